The molecule has 1 heteroatoms. The summed E-state index contributed by atoms with van der Waals surface area (Å²) in [5.41, 5.74) is 18.0. The first-order chi connectivity index (χ1) is 33.5. The summed E-state index contributed by atoms with van der Waals surface area (Å²) in [6.07, 6.45) is 0. The lowest BCUT2D eigenvalue weighted by Crippen LogP contribution is -2.16. The SMILES string of the molecule is CC(C)(C)c1cc(-c2cccc3cccc(-c4ccccc4N(c4ccc(-c5cccc6ccccc56)cc4)c4ccccc4-c4cccc5cccc(-c6ccccc6)c45)c23)cc(C(C)(C)C)c1. The molecule has 0 fully saturated rings. The minimum atomic E-state index is -0.0149. The van der Waals surface area contributed by atoms with Crippen LogP contribution in [0.1, 0.15) is 52.7 Å². The lowest BCUT2D eigenvalue weighted by Gasteiger charge is -2.31. The summed E-state index contributed by atoms with van der Waals surface area (Å²) in [6, 6.07) is 87.7. The summed E-state index contributed by atoms with van der Waals surface area (Å²) < 4.78 is 0. The summed E-state index contributed by atoms with van der Waals surface area (Å²) >= 11 is 0. The standard InChI is InChI=1S/C68H57N/c1-67(2,3)52-43-51(44-53(45-52)68(4,5)6)58-34-18-26-50-28-20-36-62(66(50)58)60-31-13-15-38-64(60)69(54-41-39-48(40-42-54)56-32-16-24-46-23-10-11-29-55(46)56)63-37-14-12-30-59(63)61-35-19-27-49-25-17-33-57(65(49)61)47-21-8-7-9-22-47/h7-45H,1-6H3. The van der Waals surface area contributed by atoms with E-state index in [-0.39, 0.29) is 10.8 Å². The van der Waals surface area contributed by atoms with Crippen molar-refractivity contribution in [1.82, 2.24) is 0 Å². The van der Waals surface area contributed by atoms with Gasteiger partial charge in [0.1, 0.15) is 0 Å². The molecule has 0 unspecified atom stereocenters. The molecule has 0 aliphatic rings. The zero-order chi connectivity index (χ0) is 47.3. The Hall–Kier alpha value is -8.00. The number of hydrogen-bond acceptors (Lipinski definition) is 1. The highest BCUT2D eigenvalue weighted by atomic mass is 15.1. The third-order valence-electron chi connectivity index (χ3n) is 14.0. The molecule has 69 heavy (non-hydrogen) atoms. The second-order valence-corrected chi connectivity index (χ2v) is 20.5. The molecule has 0 aliphatic carbocycles. The number of nitrogens with zero attached hydrogens (tertiary/aromatic N) is 1. The van der Waals surface area contributed by atoms with E-state index in [0.29, 0.717) is 0 Å². The van der Waals surface area contributed by atoms with Crippen molar-refractivity contribution in [3.63, 3.8) is 0 Å². The van der Waals surface area contributed by atoms with Gasteiger partial charge in [0, 0.05) is 16.8 Å². The van der Waals surface area contributed by atoms with Crippen molar-refractivity contribution in [2.24, 2.45) is 0 Å². The van der Waals surface area contributed by atoms with Gasteiger partial charge in [-0.05, 0) is 123 Å². The highest BCUT2D eigenvalue weighted by molar-refractivity contribution is 6.11. The van der Waals surface area contributed by atoms with E-state index in [1.54, 1.807) is 0 Å². The molecule has 0 amide bonds. The molecule has 0 spiro atoms. The van der Waals surface area contributed by atoms with Gasteiger partial charge < -0.3 is 4.90 Å². The van der Waals surface area contributed by atoms with Gasteiger partial charge in [-0.1, -0.05) is 254 Å². The fourth-order valence-electron chi connectivity index (χ4n) is 10.3. The third-order valence-corrected chi connectivity index (χ3v) is 14.0. The molecule has 0 N–H and O–H groups in total. The molecular weight excluding hydrogens is 831 g/mol. The van der Waals surface area contributed by atoms with Crippen LogP contribution in [0, 0.1) is 0 Å². The molecule has 1 nitrogen and oxygen atoms in total. The lowest BCUT2D eigenvalue weighted by atomic mass is 9.78. The number of benzene rings is 11. The molecule has 0 aromatic heterocycles. The normalized spacial score (nSPS) is 11.9. The third kappa shape index (κ3) is 8.19. The molecule has 0 heterocycles. The van der Waals surface area contributed by atoms with Crippen LogP contribution in [0.15, 0.2) is 237 Å². The predicted octanol–water partition coefficient (Wildman–Crippen LogP) is 19.5. The Morgan fingerprint density at radius 3 is 1.20 bits per heavy atom. The van der Waals surface area contributed by atoms with Crippen LogP contribution in [0.4, 0.5) is 17.1 Å². The Bertz CT molecular complexity index is 3630. The van der Waals surface area contributed by atoms with Gasteiger partial charge in [-0.3, -0.25) is 0 Å². The molecule has 11 aromatic carbocycles. The Labute approximate surface area is 408 Å². The van der Waals surface area contributed by atoms with Gasteiger partial charge in [-0.2, -0.15) is 0 Å². The monoisotopic (exact) mass is 887 g/mol. The van der Waals surface area contributed by atoms with Crippen LogP contribution in [-0.4, -0.2) is 0 Å². The first-order valence-corrected chi connectivity index (χ1v) is 24.3. The molecule has 0 saturated heterocycles. The molecule has 11 rings (SSSR count). The zero-order valence-corrected chi connectivity index (χ0v) is 40.5. The van der Waals surface area contributed by atoms with Gasteiger partial charge in [0.05, 0.1) is 11.4 Å². The van der Waals surface area contributed by atoms with Crippen LogP contribution < -0.4 is 4.90 Å². The maximum atomic E-state index is 2.50. The van der Waals surface area contributed by atoms with E-state index in [9.17, 15) is 0 Å². The molecule has 0 atom stereocenters. The Balaban J connectivity index is 1.17. The van der Waals surface area contributed by atoms with Gasteiger partial charge in [0.2, 0.25) is 0 Å². The summed E-state index contributed by atoms with van der Waals surface area (Å²) in [7, 11) is 0. The van der Waals surface area contributed by atoms with E-state index in [2.05, 4.69) is 283 Å². The van der Waals surface area contributed by atoms with Crippen LogP contribution in [0.2, 0.25) is 0 Å². The largest absolute Gasteiger partial charge is 0.309 e. The van der Waals surface area contributed by atoms with Crippen molar-refractivity contribution in [2.75, 3.05) is 4.90 Å². The molecule has 0 aliphatic heterocycles. The van der Waals surface area contributed by atoms with E-state index in [1.807, 2.05) is 0 Å². The quantitative estimate of drug-likeness (QED) is 0.147. The summed E-state index contributed by atoms with van der Waals surface area (Å²) in [5, 5.41) is 7.41. The first kappa shape index (κ1) is 43.6. The number of hydrogen-bond donors (Lipinski definition) is 0. The van der Waals surface area contributed by atoms with Crippen LogP contribution >= 0.6 is 0 Å². The number of rotatable bonds is 8. The highest BCUT2D eigenvalue weighted by Gasteiger charge is 2.25. The van der Waals surface area contributed by atoms with E-state index in [4.69, 9.17) is 0 Å². The average molecular weight is 888 g/mol. The summed E-state index contributed by atoms with van der Waals surface area (Å²) in [6.45, 7) is 13.9. The topological polar surface area (TPSA) is 3.24 Å². The van der Waals surface area contributed by atoms with Crippen LogP contribution in [0.5, 0.6) is 0 Å². The second-order valence-electron chi connectivity index (χ2n) is 20.5. The zero-order valence-electron chi connectivity index (χ0n) is 40.5. The molecule has 0 saturated carbocycles. The maximum absolute atomic E-state index is 2.50. The van der Waals surface area contributed by atoms with E-state index >= 15 is 0 Å². The highest BCUT2D eigenvalue weighted by Crippen LogP contribution is 2.49. The first-order valence-electron chi connectivity index (χ1n) is 24.3. The van der Waals surface area contributed by atoms with Gasteiger partial charge in [-0.25, -0.2) is 0 Å². The van der Waals surface area contributed by atoms with Crippen molar-refractivity contribution in [1.29, 1.82) is 0 Å². The molecule has 0 bridgehead atoms. The van der Waals surface area contributed by atoms with Crippen LogP contribution in [0.3, 0.4) is 0 Å². The van der Waals surface area contributed by atoms with Crippen molar-refractivity contribution in [3.8, 4) is 55.6 Å². The fourth-order valence-corrected chi connectivity index (χ4v) is 10.3. The Morgan fingerprint density at radius 2 is 0.667 bits per heavy atom. The van der Waals surface area contributed by atoms with Crippen molar-refractivity contribution < 1.29 is 0 Å². The van der Waals surface area contributed by atoms with E-state index in [1.165, 1.54) is 88.0 Å². The predicted molar refractivity (Wildman–Crippen MR) is 298 cm³/mol. The van der Waals surface area contributed by atoms with Gasteiger partial charge >= 0.3 is 0 Å². The lowest BCUT2D eigenvalue weighted by molar-refractivity contribution is 0.569. The minimum absolute atomic E-state index is 0.0149. The Morgan fingerprint density at radius 1 is 0.275 bits per heavy atom. The molecule has 0 radical (unpaired) electrons. The minimum Gasteiger partial charge on any atom is -0.309 e. The van der Waals surface area contributed by atoms with Crippen molar-refractivity contribution in [3.05, 3.63) is 248 Å². The van der Waals surface area contributed by atoms with Gasteiger partial charge in [0.25, 0.3) is 0 Å². The average Bonchev–Trinajstić information content (AvgIpc) is 3.38. The smallest absolute Gasteiger partial charge is 0.0540 e. The van der Waals surface area contributed by atoms with Gasteiger partial charge in [-0.15, -0.1) is 0 Å². The van der Waals surface area contributed by atoms with E-state index < -0.39 is 0 Å². The number of anilines is 3. The summed E-state index contributed by atoms with van der Waals surface area (Å²) in [5.74, 6) is 0. The van der Waals surface area contributed by atoms with Crippen LogP contribution in [-0.2, 0) is 10.8 Å². The molecule has 334 valence electrons. The summed E-state index contributed by atoms with van der Waals surface area (Å²) in [4.78, 5) is 2.50. The van der Waals surface area contributed by atoms with Crippen molar-refractivity contribution in [2.45, 2.75) is 52.4 Å². The fraction of sp³-hybridized carbons (Fsp3) is 0.118. The Kier molecular flexibility index (Phi) is 11.1. The molecular formula is C68H57N. The van der Waals surface area contributed by atoms with Gasteiger partial charge in [0.15, 0.2) is 0 Å². The second kappa shape index (κ2) is 17.6. The van der Waals surface area contributed by atoms with E-state index in [0.717, 1.165) is 28.2 Å². The van der Waals surface area contributed by atoms with Crippen LogP contribution in [0.25, 0.3) is 88.0 Å². The number of para-hydroxylation sites is 2. The molecule has 11 aromatic rings. The van der Waals surface area contributed by atoms with Crippen molar-refractivity contribution >= 4 is 49.4 Å². The maximum Gasteiger partial charge on any atom is 0.0540 e. The number of fused-ring (bicyclic) bond motifs is 3.